The number of alkyl halides is 3. The molecule has 2 N–H and O–H groups in total. The van der Waals surface area contributed by atoms with E-state index < -0.39 is 12.7 Å². The van der Waals surface area contributed by atoms with E-state index in [-0.39, 0.29) is 5.92 Å². The molecular formula is C19H29F3N4S. The van der Waals surface area contributed by atoms with Crippen molar-refractivity contribution in [2.45, 2.75) is 37.9 Å². The highest BCUT2D eigenvalue weighted by Gasteiger charge is 2.34. The molecule has 0 radical (unpaired) electrons. The van der Waals surface area contributed by atoms with E-state index in [1.807, 2.05) is 6.92 Å². The van der Waals surface area contributed by atoms with Gasteiger partial charge in [0, 0.05) is 24.5 Å². The number of halogens is 3. The molecule has 8 heteroatoms. The van der Waals surface area contributed by atoms with Gasteiger partial charge in [0.25, 0.3) is 0 Å². The maximum Gasteiger partial charge on any atom is 0.401 e. The second kappa shape index (κ2) is 10.2. The maximum absolute atomic E-state index is 12.5. The lowest BCUT2D eigenvalue weighted by Crippen LogP contribution is -2.40. The summed E-state index contributed by atoms with van der Waals surface area (Å²) in [6.07, 6.45) is -1.29. The van der Waals surface area contributed by atoms with Crippen LogP contribution in [0.15, 0.2) is 28.1 Å². The number of thioether (sulfide) groups is 1. The Morgan fingerprint density at radius 2 is 2.11 bits per heavy atom. The summed E-state index contributed by atoms with van der Waals surface area (Å²) in [7, 11) is 0. The number of rotatable bonds is 7. The predicted octanol–water partition coefficient (Wildman–Crippen LogP) is 3.66. The van der Waals surface area contributed by atoms with Crippen LogP contribution < -0.4 is 10.6 Å². The minimum atomic E-state index is -4.12. The van der Waals surface area contributed by atoms with Crippen LogP contribution >= 0.6 is 11.8 Å². The number of guanidine groups is 1. The molecule has 1 fully saturated rings. The van der Waals surface area contributed by atoms with Crippen molar-refractivity contribution >= 4 is 17.7 Å². The summed E-state index contributed by atoms with van der Waals surface area (Å²) in [6.45, 7) is 6.15. The Morgan fingerprint density at radius 1 is 1.33 bits per heavy atom. The van der Waals surface area contributed by atoms with Gasteiger partial charge in [-0.1, -0.05) is 12.1 Å². The number of nitrogens with one attached hydrogen (secondary N) is 2. The molecule has 0 spiro atoms. The Bertz CT molecular complexity index is 634. The number of likely N-dealkylation sites (tertiary alicyclic amines) is 1. The van der Waals surface area contributed by atoms with Crippen LogP contribution in [0.25, 0.3) is 0 Å². The van der Waals surface area contributed by atoms with Gasteiger partial charge in [-0.15, -0.1) is 11.8 Å². The Balaban J connectivity index is 1.89. The molecule has 0 amide bonds. The SMILES string of the molecule is CCNC(=NCc1ccc(C)cc1SC)NCC1CCN(CC(F)(F)F)C1. The predicted molar refractivity (Wildman–Crippen MR) is 106 cm³/mol. The van der Waals surface area contributed by atoms with E-state index in [4.69, 9.17) is 0 Å². The number of aliphatic imine (C=N–C) groups is 1. The van der Waals surface area contributed by atoms with Crippen molar-refractivity contribution in [3.63, 3.8) is 0 Å². The highest BCUT2D eigenvalue weighted by Crippen LogP contribution is 2.23. The Morgan fingerprint density at radius 3 is 2.78 bits per heavy atom. The standard InChI is InChI=1S/C19H29F3N4S/c1-4-23-18(25-11-16-6-5-14(2)9-17(16)27-3)24-10-15-7-8-26(12-15)13-19(20,21)22/h5-6,9,15H,4,7-8,10-13H2,1-3H3,(H2,23,24,25). The molecule has 27 heavy (non-hydrogen) atoms. The smallest absolute Gasteiger partial charge is 0.357 e. The summed E-state index contributed by atoms with van der Waals surface area (Å²) in [5.74, 6) is 0.914. The number of benzene rings is 1. The molecule has 2 rings (SSSR count). The first-order valence-corrected chi connectivity index (χ1v) is 10.5. The van der Waals surface area contributed by atoms with Gasteiger partial charge in [-0.3, -0.25) is 4.90 Å². The Labute approximate surface area is 164 Å². The topological polar surface area (TPSA) is 39.7 Å². The lowest BCUT2D eigenvalue weighted by molar-refractivity contribution is -0.143. The molecule has 1 atom stereocenters. The zero-order valence-corrected chi connectivity index (χ0v) is 17.0. The van der Waals surface area contributed by atoms with Crippen molar-refractivity contribution in [3.05, 3.63) is 29.3 Å². The maximum atomic E-state index is 12.5. The van der Waals surface area contributed by atoms with Crippen molar-refractivity contribution < 1.29 is 13.2 Å². The van der Waals surface area contributed by atoms with Gasteiger partial charge in [-0.2, -0.15) is 13.2 Å². The van der Waals surface area contributed by atoms with Gasteiger partial charge in [0.1, 0.15) is 0 Å². The van der Waals surface area contributed by atoms with E-state index in [1.54, 1.807) is 11.8 Å². The highest BCUT2D eigenvalue weighted by atomic mass is 32.2. The van der Waals surface area contributed by atoms with Crippen molar-refractivity contribution in [2.75, 3.05) is 39.0 Å². The van der Waals surface area contributed by atoms with Gasteiger partial charge in [0.05, 0.1) is 13.1 Å². The molecule has 0 bridgehead atoms. The van der Waals surface area contributed by atoms with Crippen molar-refractivity contribution in [2.24, 2.45) is 10.9 Å². The first kappa shape index (κ1) is 21.9. The molecule has 152 valence electrons. The average molecular weight is 403 g/mol. The summed E-state index contributed by atoms with van der Waals surface area (Å²) >= 11 is 1.71. The quantitative estimate of drug-likeness (QED) is 0.415. The monoisotopic (exact) mass is 402 g/mol. The zero-order valence-electron chi connectivity index (χ0n) is 16.2. The summed E-state index contributed by atoms with van der Waals surface area (Å²) < 4.78 is 37.5. The Kier molecular flexibility index (Phi) is 8.28. The van der Waals surface area contributed by atoms with E-state index in [2.05, 4.69) is 47.0 Å². The largest absolute Gasteiger partial charge is 0.401 e. The van der Waals surface area contributed by atoms with E-state index in [0.29, 0.717) is 32.1 Å². The van der Waals surface area contributed by atoms with Gasteiger partial charge in [-0.05, 0) is 56.2 Å². The van der Waals surface area contributed by atoms with Gasteiger partial charge < -0.3 is 10.6 Å². The molecule has 1 aromatic rings. The third-order valence-electron chi connectivity index (χ3n) is 4.53. The van der Waals surface area contributed by atoms with Crippen LogP contribution in [-0.4, -0.2) is 56.0 Å². The second-order valence-electron chi connectivity index (χ2n) is 6.90. The van der Waals surface area contributed by atoms with Crippen LogP contribution in [-0.2, 0) is 6.54 Å². The molecule has 0 saturated carbocycles. The third kappa shape index (κ3) is 7.62. The molecule has 1 saturated heterocycles. The lowest BCUT2D eigenvalue weighted by Gasteiger charge is -2.18. The molecule has 1 aliphatic heterocycles. The molecule has 1 unspecified atom stereocenters. The fraction of sp³-hybridized carbons (Fsp3) is 0.632. The van der Waals surface area contributed by atoms with Crippen LogP contribution in [0.3, 0.4) is 0 Å². The molecular weight excluding hydrogens is 373 g/mol. The number of hydrogen-bond acceptors (Lipinski definition) is 3. The Hall–Kier alpha value is -1.41. The van der Waals surface area contributed by atoms with E-state index in [1.165, 1.54) is 20.9 Å². The number of aryl methyl sites for hydroxylation is 1. The van der Waals surface area contributed by atoms with E-state index >= 15 is 0 Å². The van der Waals surface area contributed by atoms with Crippen LogP contribution in [0.1, 0.15) is 24.5 Å². The zero-order chi connectivity index (χ0) is 19.9. The van der Waals surface area contributed by atoms with Gasteiger partial charge in [0.15, 0.2) is 5.96 Å². The lowest BCUT2D eigenvalue weighted by atomic mass is 10.1. The molecule has 1 heterocycles. The fourth-order valence-corrected chi connectivity index (χ4v) is 3.90. The molecule has 1 aliphatic rings. The van der Waals surface area contributed by atoms with Crippen molar-refractivity contribution in [1.82, 2.24) is 15.5 Å². The third-order valence-corrected chi connectivity index (χ3v) is 5.35. The van der Waals surface area contributed by atoms with Crippen LogP contribution in [0.5, 0.6) is 0 Å². The normalized spacial score (nSPS) is 18.7. The fourth-order valence-electron chi connectivity index (χ4n) is 3.21. The van der Waals surface area contributed by atoms with Crippen molar-refractivity contribution in [1.29, 1.82) is 0 Å². The summed E-state index contributed by atoms with van der Waals surface area (Å²) in [5.41, 5.74) is 2.39. The number of nitrogens with zero attached hydrogens (tertiary/aromatic N) is 2. The molecule has 0 aliphatic carbocycles. The van der Waals surface area contributed by atoms with E-state index in [0.717, 1.165) is 13.0 Å². The average Bonchev–Trinajstić information content (AvgIpc) is 3.03. The summed E-state index contributed by atoms with van der Waals surface area (Å²) in [6, 6.07) is 6.34. The van der Waals surface area contributed by atoms with Crippen LogP contribution in [0, 0.1) is 12.8 Å². The minimum absolute atomic E-state index is 0.206. The first-order chi connectivity index (χ1) is 12.8. The number of hydrogen-bond donors (Lipinski definition) is 2. The van der Waals surface area contributed by atoms with Crippen molar-refractivity contribution in [3.8, 4) is 0 Å². The van der Waals surface area contributed by atoms with E-state index in [9.17, 15) is 13.2 Å². The van der Waals surface area contributed by atoms with Gasteiger partial charge in [-0.25, -0.2) is 4.99 Å². The summed E-state index contributed by atoms with van der Waals surface area (Å²) in [5, 5.41) is 6.50. The molecule has 0 aromatic heterocycles. The van der Waals surface area contributed by atoms with Crippen LogP contribution in [0.2, 0.25) is 0 Å². The molecule has 4 nitrogen and oxygen atoms in total. The highest BCUT2D eigenvalue weighted by molar-refractivity contribution is 7.98. The first-order valence-electron chi connectivity index (χ1n) is 9.25. The van der Waals surface area contributed by atoms with Gasteiger partial charge >= 0.3 is 6.18 Å². The molecule has 1 aromatic carbocycles. The van der Waals surface area contributed by atoms with Crippen LogP contribution in [0.4, 0.5) is 13.2 Å². The second-order valence-corrected chi connectivity index (χ2v) is 7.74. The summed E-state index contributed by atoms with van der Waals surface area (Å²) in [4.78, 5) is 7.34. The minimum Gasteiger partial charge on any atom is -0.357 e. The van der Waals surface area contributed by atoms with Gasteiger partial charge in [0.2, 0.25) is 0 Å².